The number of halogens is 3. The van der Waals surface area contributed by atoms with Gasteiger partial charge in [-0.25, -0.2) is 4.79 Å². The molecular formula is C25H18F3N3O3. The summed E-state index contributed by atoms with van der Waals surface area (Å²) in [6.07, 6.45) is -4.53. The second-order valence-electron chi connectivity index (χ2n) is 7.37. The van der Waals surface area contributed by atoms with Gasteiger partial charge in [-0.3, -0.25) is 4.79 Å². The van der Waals surface area contributed by atoms with E-state index in [-0.39, 0.29) is 22.7 Å². The average Bonchev–Trinajstić information content (AvgIpc) is 2.79. The normalized spacial score (nSPS) is 11.1. The van der Waals surface area contributed by atoms with Gasteiger partial charge in [-0.15, -0.1) is 0 Å². The molecule has 0 aliphatic carbocycles. The Bertz CT molecular complexity index is 1380. The van der Waals surface area contributed by atoms with Crippen molar-refractivity contribution in [2.45, 2.75) is 6.18 Å². The highest BCUT2D eigenvalue weighted by atomic mass is 19.4. The molecule has 0 atom stereocenters. The standard InChI is InChI=1S/C25H18F3N3O3/c26-25(27,28)17-8-4-10-19(14-17)30-24(34)29-18-9-1-7-16(13-18)23(33)31-20-11-2-5-15-6-3-12-21(32)22(15)20/h1-14,32H,(H,31,33)(H2,29,30,34). The lowest BCUT2D eigenvalue weighted by molar-refractivity contribution is -0.137. The number of carbonyl (C=O) groups is 2. The number of hydrogen-bond acceptors (Lipinski definition) is 3. The number of aromatic hydroxyl groups is 1. The van der Waals surface area contributed by atoms with Crippen LogP contribution in [0.4, 0.5) is 35.0 Å². The molecule has 0 saturated heterocycles. The monoisotopic (exact) mass is 465 g/mol. The molecule has 0 aliphatic rings. The zero-order valence-corrected chi connectivity index (χ0v) is 17.5. The van der Waals surface area contributed by atoms with Crippen molar-refractivity contribution >= 4 is 39.8 Å². The molecule has 4 N–H and O–H groups in total. The van der Waals surface area contributed by atoms with Crippen molar-refractivity contribution < 1.29 is 27.9 Å². The maximum absolute atomic E-state index is 12.9. The third-order valence-corrected chi connectivity index (χ3v) is 4.96. The van der Waals surface area contributed by atoms with Gasteiger partial charge < -0.3 is 21.1 Å². The highest BCUT2D eigenvalue weighted by Crippen LogP contribution is 2.32. The lowest BCUT2D eigenvalue weighted by Gasteiger charge is -2.12. The average molecular weight is 465 g/mol. The number of carbonyl (C=O) groups excluding carboxylic acids is 2. The molecule has 4 rings (SSSR count). The van der Waals surface area contributed by atoms with E-state index in [9.17, 15) is 27.9 Å². The summed E-state index contributed by atoms with van der Waals surface area (Å²) < 4.78 is 38.6. The van der Waals surface area contributed by atoms with Crippen LogP contribution in [0.15, 0.2) is 84.9 Å². The van der Waals surface area contributed by atoms with Gasteiger partial charge in [0.1, 0.15) is 5.75 Å². The predicted octanol–water partition coefficient (Wildman–Crippen LogP) is 6.46. The molecule has 0 aliphatic heterocycles. The van der Waals surface area contributed by atoms with Crippen molar-refractivity contribution in [3.05, 3.63) is 96.1 Å². The number of anilines is 3. The van der Waals surface area contributed by atoms with Crippen molar-refractivity contribution in [2.75, 3.05) is 16.0 Å². The smallest absolute Gasteiger partial charge is 0.416 e. The SMILES string of the molecule is O=C(Nc1cccc(C(=O)Nc2cccc3cccc(O)c23)c1)Nc1cccc(C(F)(F)F)c1. The van der Waals surface area contributed by atoms with Crippen LogP contribution in [0.1, 0.15) is 15.9 Å². The van der Waals surface area contributed by atoms with Gasteiger partial charge in [0.05, 0.1) is 11.3 Å². The van der Waals surface area contributed by atoms with Crippen LogP contribution in [0.3, 0.4) is 0 Å². The number of urea groups is 1. The number of hydrogen-bond donors (Lipinski definition) is 4. The van der Waals surface area contributed by atoms with Gasteiger partial charge in [-0.05, 0) is 53.9 Å². The summed E-state index contributed by atoms with van der Waals surface area (Å²) in [6, 6.07) is 19.7. The Balaban J connectivity index is 1.47. The molecule has 6 nitrogen and oxygen atoms in total. The van der Waals surface area contributed by atoms with E-state index in [4.69, 9.17) is 0 Å². The molecule has 0 fully saturated rings. The Kier molecular flexibility index (Phi) is 6.09. The van der Waals surface area contributed by atoms with E-state index in [1.54, 1.807) is 36.4 Å². The molecule has 172 valence electrons. The van der Waals surface area contributed by atoms with E-state index in [1.807, 2.05) is 0 Å². The highest BCUT2D eigenvalue weighted by Gasteiger charge is 2.30. The third kappa shape index (κ3) is 5.09. The van der Waals surface area contributed by atoms with Crippen LogP contribution in [0, 0.1) is 0 Å². The van der Waals surface area contributed by atoms with E-state index in [0.717, 1.165) is 17.5 Å². The molecule has 9 heteroatoms. The summed E-state index contributed by atoms with van der Waals surface area (Å²) in [6.45, 7) is 0. The molecule has 0 unspecified atom stereocenters. The number of phenols is 1. The first-order valence-electron chi connectivity index (χ1n) is 10.1. The third-order valence-electron chi connectivity index (χ3n) is 4.96. The Morgan fingerprint density at radius 3 is 2.06 bits per heavy atom. The molecule has 3 amide bonds. The van der Waals surface area contributed by atoms with Crippen LogP contribution in [0.5, 0.6) is 5.75 Å². The van der Waals surface area contributed by atoms with Crippen molar-refractivity contribution in [2.24, 2.45) is 0 Å². The van der Waals surface area contributed by atoms with E-state index in [2.05, 4.69) is 16.0 Å². The summed E-state index contributed by atoms with van der Waals surface area (Å²) in [5, 5.41) is 19.0. The van der Waals surface area contributed by atoms with Gasteiger partial charge in [0.15, 0.2) is 0 Å². The fraction of sp³-hybridized carbons (Fsp3) is 0.0400. The number of benzene rings is 4. The molecule has 0 radical (unpaired) electrons. The molecule has 0 saturated carbocycles. The molecule has 0 aromatic heterocycles. The van der Waals surface area contributed by atoms with Crippen molar-refractivity contribution in [1.29, 1.82) is 0 Å². The zero-order valence-electron chi connectivity index (χ0n) is 17.5. The minimum atomic E-state index is -4.53. The van der Waals surface area contributed by atoms with Crippen LogP contribution in [0.25, 0.3) is 10.8 Å². The van der Waals surface area contributed by atoms with E-state index < -0.39 is 23.7 Å². The largest absolute Gasteiger partial charge is 0.507 e. The molecule has 0 bridgehead atoms. The van der Waals surface area contributed by atoms with Crippen LogP contribution < -0.4 is 16.0 Å². The van der Waals surface area contributed by atoms with E-state index in [1.165, 1.54) is 36.4 Å². The Hall–Kier alpha value is -4.53. The number of amides is 3. The van der Waals surface area contributed by atoms with Gasteiger partial charge in [0, 0.05) is 22.3 Å². The number of fused-ring (bicyclic) bond motifs is 1. The maximum Gasteiger partial charge on any atom is 0.416 e. The summed E-state index contributed by atoms with van der Waals surface area (Å²) >= 11 is 0. The zero-order chi connectivity index (χ0) is 24.3. The Morgan fingerprint density at radius 1 is 0.735 bits per heavy atom. The summed E-state index contributed by atoms with van der Waals surface area (Å²) in [7, 11) is 0. The minimum absolute atomic E-state index is 0.0232. The van der Waals surface area contributed by atoms with Gasteiger partial charge in [0.25, 0.3) is 5.91 Å². The lowest BCUT2D eigenvalue weighted by Crippen LogP contribution is -2.20. The molecule has 0 spiro atoms. The topological polar surface area (TPSA) is 90.5 Å². The Morgan fingerprint density at radius 2 is 1.35 bits per heavy atom. The van der Waals surface area contributed by atoms with Crippen molar-refractivity contribution in [3.63, 3.8) is 0 Å². The van der Waals surface area contributed by atoms with Crippen LogP contribution in [-0.4, -0.2) is 17.0 Å². The second kappa shape index (κ2) is 9.14. The van der Waals surface area contributed by atoms with Crippen LogP contribution in [-0.2, 0) is 6.18 Å². The molecule has 4 aromatic carbocycles. The number of rotatable bonds is 4. The number of nitrogens with one attached hydrogen (secondary N) is 3. The molecule has 34 heavy (non-hydrogen) atoms. The summed E-state index contributed by atoms with van der Waals surface area (Å²) in [4.78, 5) is 25.1. The second-order valence-corrected chi connectivity index (χ2v) is 7.37. The minimum Gasteiger partial charge on any atom is -0.507 e. The van der Waals surface area contributed by atoms with Gasteiger partial charge >= 0.3 is 12.2 Å². The van der Waals surface area contributed by atoms with Gasteiger partial charge in [0.2, 0.25) is 0 Å². The fourth-order valence-electron chi connectivity index (χ4n) is 3.42. The molecular weight excluding hydrogens is 447 g/mol. The van der Waals surface area contributed by atoms with E-state index >= 15 is 0 Å². The van der Waals surface area contributed by atoms with Crippen LogP contribution in [0.2, 0.25) is 0 Å². The first-order valence-corrected chi connectivity index (χ1v) is 10.1. The molecule has 4 aromatic rings. The quantitative estimate of drug-likeness (QED) is 0.279. The Labute approximate surface area is 192 Å². The van der Waals surface area contributed by atoms with Crippen molar-refractivity contribution in [3.8, 4) is 5.75 Å². The first-order chi connectivity index (χ1) is 16.2. The summed E-state index contributed by atoms with van der Waals surface area (Å²) in [5.41, 5.74) is -0.0103. The maximum atomic E-state index is 12.9. The fourth-order valence-corrected chi connectivity index (χ4v) is 3.42. The summed E-state index contributed by atoms with van der Waals surface area (Å²) in [5.74, 6) is -0.451. The van der Waals surface area contributed by atoms with Crippen molar-refractivity contribution in [1.82, 2.24) is 0 Å². The lowest BCUT2D eigenvalue weighted by atomic mass is 10.1. The van der Waals surface area contributed by atoms with Gasteiger partial charge in [-0.2, -0.15) is 13.2 Å². The highest BCUT2D eigenvalue weighted by molar-refractivity contribution is 6.11. The van der Waals surface area contributed by atoms with Crippen LogP contribution >= 0.6 is 0 Å². The predicted molar refractivity (Wildman–Crippen MR) is 124 cm³/mol. The first kappa shape index (κ1) is 22.7. The van der Waals surface area contributed by atoms with E-state index in [0.29, 0.717) is 11.1 Å². The van der Waals surface area contributed by atoms with Gasteiger partial charge in [-0.1, -0.05) is 36.4 Å². The number of alkyl halides is 3. The molecule has 0 heterocycles. The number of phenolic OH excluding ortho intramolecular Hbond substituents is 1.